The molecule has 1 aliphatic rings. The van der Waals surface area contributed by atoms with Crippen molar-refractivity contribution in [3.63, 3.8) is 0 Å². The number of anilines is 1. The molecule has 0 bridgehead atoms. The molecule has 0 saturated carbocycles. The number of piperidine rings is 1. The molecule has 6 nitrogen and oxygen atoms in total. The van der Waals surface area contributed by atoms with Crippen LogP contribution in [0.2, 0.25) is 0 Å². The number of hydrogen-bond donors (Lipinski definition) is 1. The number of rotatable bonds is 4. The van der Waals surface area contributed by atoms with E-state index in [4.69, 9.17) is 9.84 Å². The van der Waals surface area contributed by atoms with Crippen LogP contribution in [0.15, 0.2) is 12.4 Å². The lowest BCUT2D eigenvalue weighted by atomic mass is 9.97. The van der Waals surface area contributed by atoms with Gasteiger partial charge in [0.2, 0.25) is 5.88 Å². The molecular weight excluding hydrogens is 246 g/mol. The molecule has 104 valence electrons. The molecule has 0 unspecified atom stereocenters. The Hall–Kier alpha value is -1.85. The summed E-state index contributed by atoms with van der Waals surface area (Å²) in [5.74, 6) is 0.360. The van der Waals surface area contributed by atoms with Gasteiger partial charge in [-0.25, -0.2) is 9.97 Å². The molecule has 6 heteroatoms. The Kier molecular flexibility index (Phi) is 4.19. The van der Waals surface area contributed by atoms with Crippen LogP contribution >= 0.6 is 0 Å². The van der Waals surface area contributed by atoms with Gasteiger partial charge in [0.25, 0.3) is 0 Å². The van der Waals surface area contributed by atoms with Crippen molar-refractivity contribution >= 4 is 11.8 Å². The fraction of sp³-hybridized carbons (Fsp3) is 0.615. The number of carbonyl (C=O) groups is 1. The highest BCUT2D eigenvalue weighted by Crippen LogP contribution is 2.22. The first kappa shape index (κ1) is 13.6. The highest BCUT2D eigenvalue weighted by molar-refractivity contribution is 5.70. The fourth-order valence-electron chi connectivity index (χ4n) is 2.13. The smallest absolute Gasteiger partial charge is 0.306 e. The van der Waals surface area contributed by atoms with Gasteiger partial charge in [0.05, 0.1) is 24.4 Å². The molecule has 0 spiro atoms. The van der Waals surface area contributed by atoms with Gasteiger partial charge < -0.3 is 14.7 Å². The highest BCUT2D eigenvalue weighted by atomic mass is 16.5. The zero-order valence-corrected chi connectivity index (χ0v) is 11.2. The lowest BCUT2D eigenvalue weighted by molar-refractivity contribution is -0.142. The van der Waals surface area contributed by atoms with Crippen LogP contribution in [0.4, 0.5) is 5.82 Å². The first-order valence-corrected chi connectivity index (χ1v) is 6.52. The van der Waals surface area contributed by atoms with Gasteiger partial charge in [-0.2, -0.15) is 0 Å². The van der Waals surface area contributed by atoms with E-state index in [0.717, 1.165) is 5.82 Å². The summed E-state index contributed by atoms with van der Waals surface area (Å²) < 4.78 is 5.44. The van der Waals surface area contributed by atoms with Gasteiger partial charge in [-0.3, -0.25) is 4.79 Å². The zero-order chi connectivity index (χ0) is 13.8. The van der Waals surface area contributed by atoms with E-state index in [-0.39, 0.29) is 12.0 Å². The molecular formula is C13H19N3O3. The summed E-state index contributed by atoms with van der Waals surface area (Å²) in [7, 11) is 0. The second-order valence-electron chi connectivity index (χ2n) is 4.98. The predicted molar refractivity (Wildman–Crippen MR) is 70.4 cm³/mol. The first-order valence-electron chi connectivity index (χ1n) is 6.52. The highest BCUT2D eigenvalue weighted by Gasteiger charge is 2.25. The van der Waals surface area contributed by atoms with Crippen LogP contribution in [-0.4, -0.2) is 40.2 Å². The van der Waals surface area contributed by atoms with Crippen molar-refractivity contribution in [2.45, 2.75) is 32.8 Å². The molecule has 1 N–H and O–H groups in total. The minimum Gasteiger partial charge on any atom is -0.481 e. The molecule has 1 aromatic rings. The van der Waals surface area contributed by atoms with Gasteiger partial charge in [0.1, 0.15) is 5.82 Å². The van der Waals surface area contributed by atoms with Gasteiger partial charge in [0.15, 0.2) is 0 Å². The normalized spacial score (nSPS) is 16.7. The molecule has 0 atom stereocenters. The van der Waals surface area contributed by atoms with Gasteiger partial charge in [0, 0.05) is 13.1 Å². The van der Waals surface area contributed by atoms with Crippen molar-refractivity contribution in [2.75, 3.05) is 18.0 Å². The summed E-state index contributed by atoms with van der Waals surface area (Å²) in [6.45, 7) is 5.28. The van der Waals surface area contributed by atoms with Gasteiger partial charge >= 0.3 is 5.97 Å². The molecule has 1 fully saturated rings. The van der Waals surface area contributed by atoms with E-state index in [9.17, 15) is 4.79 Å². The Morgan fingerprint density at radius 3 is 2.53 bits per heavy atom. The molecule has 0 aromatic carbocycles. The number of aromatic nitrogens is 2. The van der Waals surface area contributed by atoms with Gasteiger partial charge in [-0.05, 0) is 26.7 Å². The van der Waals surface area contributed by atoms with Crippen LogP contribution in [-0.2, 0) is 4.79 Å². The standard InChI is InChI=1S/C13H19N3O3/c1-9(2)19-12-8-14-11(7-15-12)16-5-3-10(4-6-16)13(17)18/h7-10H,3-6H2,1-2H3,(H,17,18). The molecule has 0 radical (unpaired) electrons. The number of nitrogens with zero attached hydrogens (tertiary/aromatic N) is 3. The summed E-state index contributed by atoms with van der Waals surface area (Å²) >= 11 is 0. The Balaban J connectivity index is 1.94. The van der Waals surface area contributed by atoms with E-state index in [2.05, 4.69) is 14.9 Å². The Morgan fingerprint density at radius 1 is 1.37 bits per heavy atom. The van der Waals surface area contributed by atoms with E-state index < -0.39 is 5.97 Å². The molecule has 2 heterocycles. The minimum absolute atomic E-state index is 0.0754. The third kappa shape index (κ3) is 3.56. The summed E-state index contributed by atoms with van der Waals surface area (Å²) in [6.07, 6.45) is 4.67. The number of carboxylic acid groups (broad SMARTS) is 1. The SMILES string of the molecule is CC(C)Oc1cnc(N2CCC(C(=O)O)CC2)cn1. The van der Waals surface area contributed by atoms with E-state index in [1.165, 1.54) is 0 Å². The van der Waals surface area contributed by atoms with Crippen molar-refractivity contribution in [2.24, 2.45) is 5.92 Å². The monoisotopic (exact) mass is 265 g/mol. The van der Waals surface area contributed by atoms with Crippen LogP contribution in [0.25, 0.3) is 0 Å². The summed E-state index contributed by atoms with van der Waals surface area (Å²) in [5, 5.41) is 8.95. The molecule has 1 aliphatic heterocycles. The molecule has 0 amide bonds. The average Bonchev–Trinajstić information content (AvgIpc) is 2.39. The third-order valence-corrected chi connectivity index (χ3v) is 3.14. The van der Waals surface area contributed by atoms with E-state index in [1.54, 1.807) is 12.4 Å². The lowest BCUT2D eigenvalue weighted by Gasteiger charge is -2.30. The summed E-state index contributed by atoms with van der Waals surface area (Å²) in [6, 6.07) is 0. The van der Waals surface area contributed by atoms with Gasteiger partial charge in [-0.15, -0.1) is 0 Å². The predicted octanol–water partition coefficient (Wildman–Crippen LogP) is 1.56. The maximum atomic E-state index is 10.9. The van der Waals surface area contributed by atoms with Crippen LogP contribution in [0.3, 0.4) is 0 Å². The zero-order valence-electron chi connectivity index (χ0n) is 11.2. The van der Waals surface area contributed by atoms with E-state index >= 15 is 0 Å². The van der Waals surface area contributed by atoms with E-state index in [1.807, 2.05) is 13.8 Å². The maximum absolute atomic E-state index is 10.9. The van der Waals surface area contributed by atoms with Crippen LogP contribution in [0.1, 0.15) is 26.7 Å². The Labute approximate surface area is 112 Å². The van der Waals surface area contributed by atoms with Gasteiger partial charge in [-0.1, -0.05) is 0 Å². The number of carboxylic acids is 1. The van der Waals surface area contributed by atoms with Crippen molar-refractivity contribution in [3.8, 4) is 5.88 Å². The second kappa shape index (κ2) is 5.86. The number of hydrogen-bond acceptors (Lipinski definition) is 5. The molecule has 2 rings (SSSR count). The second-order valence-corrected chi connectivity index (χ2v) is 4.98. The fourth-order valence-corrected chi connectivity index (χ4v) is 2.13. The minimum atomic E-state index is -0.702. The van der Waals surface area contributed by atoms with Crippen LogP contribution in [0, 0.1) is 5.92 Å². The first-order chi connectivity index (χ1) is 9.06. The Bertz CT molecular complexity index is 425. The summed E-state index contributed by atoms with van der Waals surface area (Å²) in [5.41, 5.74) is 0. The molecule has 0 aliphatic carbocycles. The van der Waals surface area contributed by atoms with Crippen molar-refractivity contribution in [1.29, 1.82) is 0 Å². The molecule has 1 aromatic heterocycles. The molecule has 1 saturated heterocycles. The number of ether oxygens (including phenoxy) is 1. The van der Waals surface area contributed by atoms with E-state index in [0.29, 0.717) is 31.8 Å². The van der Waals surface area contributed by atoms with Crippen molar-refractivity contribution in [1.82, 2.24) is 9.97 Å². The van der Waals surface area contributed by atoms with Crippen molar-refractivity contribution < 1.29 is 14.6 Å². The van der Waals surface area contributed by atoms with Crippen molar-refractivity contribution in [3.05, 3.63) is 12.4 Å². The summed E-state index contributed by atoms with van der Waals surface area (Å²) in [4.78, 5) is 21.5. The maximum Gasteiger partial charge on any atom is 0.306 e. The lowest BCUT2D eigenvalue weighted by Crippen LogP contribution is -2.36. The average molecular weight is 265 g/mol. The topological polar surface area (TPSA) is 75.5 Å². The Morgan fingerprint density at radius 2 is 2.05 bits per heavy atom. The quantitative estimate of drug-likeness (QED) is 0.890. The third-order valence-electron chi connectivity index (χ3n) is 3.14. The van der Waals surface area contributed by atoms with Crippen LogP contribution < -0.4 is 9.64 Å². The van der Waals surface area contributed by atoms with Crippen LogP contribution in [0.5, 0.6) is 5.88 Å². The molecule has 19 heavy (non-hydrogen) atoms. The number of aliphatic carboxylic acids is 1. The largest absolute Gasteiger partial charge is 0.481 e.